The monoisotopic (exact) mass is 469 g/mol. The Kier molecular flexibility index (Phi) is 5.50. The molecule has 0 saturated heterocycles. The number of benzene rings is 1. The number of tetrazole rings is 1. The van der Waals surface area contributed by atoms with E-state index in [2.05, 4.69) is 20.5 Å². The minimum absolute atomic E-state index is 0.410. The zero-order valence-corrected chi connectivity index (χ0v) is 17.0. The van der Waals surface area contributed by atoms with Gasteiger partial charge in [-0.2, -0.15) is 8.78 Å². The zero-order valence-electron chi connectivity index (χ0n) is 15.4. The normalized spacial score (nSPS) is 13.9. The van der Waals surface area contributed by atoms with E-state index in [-0.39, 0.29) is 0 Å². The first-order valence-corrected chi connectivity index (χ1v) is 9.89. The lowest BCUT2D eigenvalue weighted by Gasteiger charge is -2.35. The lowest BCUT2D eigenvalue weighted by atomic mass is 9.84. The Hall–Kier alpha value is -2.89. The lowest BCUT2D eigenvalue weighted by Crippen LogP contribution is -2.48. The van der Waals surface area contributed by atoms with Gasteiger partial charge in [0.15, 0.2) is 5.60 Å². The molecule has 0 aliphatic rings. The van der Waals surface area contributed by atoms with E-state index >= 15 is 8.78 Å². The van der Waals surface area contributed by atoms with Crippen LogP contribution in [0, 0.1) is 11.6 Å². The van der Waals surface area contributed by atoms with Crippen LogP contribution in [0.5, 0.6) is 0 Å². The van der Waals surface area contributed by atoms with Crippen LogP contribution in [0.2, 0.25) is 4.34 Å². The molecule has 12 heteroatoms. The second-order valence-corrected chi connectivity index (χ2v) is 8.32. The molecule has 0 aliphatic carbocycles. The Bertz CT molecular complexity index is 1200. The number of thiophene rings is 1. The number of halogens is 5. The number of hydrogen-bond donors (Lipinski definition) is 1. The van der Waals surface area contributed by atoms with Crippen molar-refractivity contribution in [3.05, 3.63) is 82.2 Å². The molecule has 160 valence electrons. The number of pyridine rings is 1. The molecule has 0 saturated carbocycles. The van der Waals surface area contributed by atoms with E-state index < -0.39 is 41.0 Å². The molecular formula is C19H12ClF4N5OS. The topological polar surface area (TPSA) is 76.7 Å². The Morgan fingerprint density at radius 2 is 1.90 bits per heavy atom. The first kappa shape index (κ1) is 21.3. The third-order valence-corrected chi connectivity index (χ3v) is 5.90. The van der Waals surface area contributed by atoms with E-state index in [1.165, 1.54) is 23.6 Å². The van der Waals surface area contributed by atoms with Gasteiger partial charge in [0.05, 0.1) is 10.9 Å². The second kappa shape index (κ2) is 7.98. The summed E-state index contributed by atoms with van der Waals surface area (Å²) in [7, 11) is 0. The van der Waals surface area contributed by atoms with E-state index in [0.717, 1.165) is 29.2 Å². The molecule has 0 bridgehead atoms. The van der Waals surface area contributed by atoms with Crippen molar-refractivity contribution in [2.45, 2.75) is 18.1 Å². The number of hydrogen-bond acceptors (Lipinski definition) is 6. The number of rotatable bonds is 6. The molecular weight excluding hydrogens is 458 g/mol. The van der Waals surface area contributed by atoms with Gasteiger partial charge in [0.25, 0.3) is 0 Å². The molecule has 1 unspecified atom stereocenters. The van der Waals surface area contributed by atoms with Gasteiger partial charge in [0.1, 0.15) is 23.7 Å². The van der Waals surface area contributed by atoms with Crippen molar-refractivity contribution < 1.29 is 22.7 Å². The van der Waals surface area contributed by atoms with Crippen molar-refractivity contribution in [1.82, 2.24) is 25.2 Å². The summed E-state index contributed by atoms with van der Waals surface area (Å²) in [4.78, 5) is 4.51. The number of aromatic nitrogens is 5. The molecule has 0 fully saturated rings. The quantitative estimate of drug-likeness (QED) is 0.423. The summed E-state index contributed by atoms with van der Waals surface area (Å²) in [6.07, 6.45) is 2.18. The van der Waals surface area contributed by atoms with Crippen molar-refractivity contribution in [3.8, 4) is 10.4 Å². The standard InChI is InChI=1S/C19H12ClF4N5OS/c20-17-6-4-15(31-17)11-1-5-16(25-8-11)19(23,24)18(30,9-29-10-26-27-28-29)13-3-2-12(21)7-14(13)22/h1-8,10,30H,9H2. The van der Waals surface area contributed by atoms with Crippen LogP contribution in [-0.2, 0) is 18.1 Å². The van der Waals surface area contributed by atoms with Crippen LogP contribution in [0.4, 0.5) is 17.6 Å². The molecule has 1 atom stereocenters. The first-order valence-electron chi connectivity index (χ1n) is 8.69. The largest absolute Gasteiger partial charge is 0.377 e. The Balaban J connectivity index is 1.79. The maximum Gasteiger partial charge on any atom is 0.323 e. The van der Waals surface area contributed by atoms with Crippen LogP contribution in [0.25, 0.3) is 10.4 Å². The van der Waals surface area contributed by atoms with Gasteiger partial charge in [0, 0.05) is 28.3 Å². The molecule has 0 amide bonds. The maximum atomic E-state index is 15.6. The van der Waals surface area contributed by atoms with Crippen LogP contribution >= 0.6 is 22.9 Å². The number of nitrogens with zero attached hydrogens (tertiary/aromatic N) is 5. The van der Waals surface area contributed by atoms with Crippen molar-refractivity contribution in [3.63, 3.8) is 0 Å². The lowest BCUT2D eigenvalue weighted by molar-refractivity contribution is -0.207. The fraction of sp³-hybridized carbons (Fsp3) is 0.158. The molecule has 3 aromatic heterocycles. The SMILES string of the molecule is OC(Cn1cnnn1)(c1ccc(F)cc1F)C(F)(F)c1ccc(-c2ccc(Cl)s2)cn1. The molecule has 1 N–H and O–H groups in total. The summed E-state index contributed by atoms with van der Waals surface area (Å²) in [6.45, 7) is -0.917. The smallest absolute Gasteiger partial charge is 0.323 e. The second-order valence-electron chi connectivity index (χ2n) is 6.60. The van der Waals surface area contributed by atoms with Crippen LogP contribution < -0.4 is 0 Å². The molecule has 0 spiro atoms. The minimum Gasteiger partial charge on any atom is -0.377 e. The molecule has 6 nitrogen and oxygen atoms in total. The van der Waals surface area contributed by atoms with Gasteiger partial charge in [-0.05, 0) is 46.8 Å². The number of alkyl halides is 2. The molecule has 1 aromatic carbocycles. The molecule has 0 aliphatic heterocycles. The summed E-state index contributed by atoms with van der Waals surface area (Å²) in [5.41, 5.74) is -4.29. The summed E-state index contributed by atoms with van der Waals surface area (Å²) in [5, 5.41) is 21.3. The maximum absolute atomic E-state index is 15.6. The van der Waals surface area contributed by atoms with Crippen LogP contribution in [-0.4, -0.2) is 30.3 Å². The highest BCUT2D eigenvalue weighted by atomic mass is 35.5. The Morgan fingerprint density at radius 1 is 1.10 bits per heavy atom. The molecule has 4 aromatic rings. The highest BCUT2D eigenvalue weighted by Crippen LogP contribution is 2.47. The van der Waals surface area contributed by atoms with E-state index in [9.17, 15) is 13.9 Å². The van der Waals surface area contributed by atoms with E-state index in [1.54, 1.807) is 12.1 Å². The zero-order chi connectivity index (χ0) is 22.2. The average molecular weight is 470 g/mol. The predicted molar refractivity (Wildman–Crippen MR) is 105 cm³/mol. The van der Waals surface area contributed by atoms with Gasteiger partial charge < -0.3 is 5.11 Å². The third kappa shape index (κ3) is 3.91. The van der Waals surface area contributed by atoms with E-state index in [0.29, 0.717) is 20.8 Å². The molecule has 3 heterocycles. The Morgan fingerprint density at radius 3 is 2.48 bits per heavy atom. The van der Waals surface area contributed by atoms with Crippen LogP contribution in [0.15, 0.2) is 55.0 Å². The summed E-state index contributed by atoms with van der Waals surface area (Å²) in [6, 6.07) is 7.72. The molecule has 4 rings (SSSR count). The van der Waals surface area contributed by atoms with Gasteiger partial charge in [-0.25, -0.2) is 13.5 Å². The fourth-order valence-corrected chi connectivity index (χ4v) is 4.11. The first-order chi connectivity index (χ1) is 14.7. The van der Waals surface area contributed by atoms with Gasteiger partial charge in [0.2, 0.25) is 0 Å². The van der Waals surface area contributed by atoms with Gasteiger partial charge in [-0.15, -0.1) is 16.4 Å². The van der Waals surface area contributed by atoms with E-state index in [1.807, 2.05) is 0 Å². The fourth-order valence-electron chi connectivity index (χ4n) is 3.07. The van der Waals surface area contributed by atoms with E-state index in [4.69, 9.17) is 11.6 Å². The summed E-state index contributed by atoms with van der Waals surface area (Å²) >= 11 is 7.14. The van der Waals surface area contributed by atoms with Gasteiger partial charge >= 0.3 is 5.92 Å². The van der Waals surface area contributed by atoms with Gasteiger partial charge in [-0.3, -0.25) is 4.98 Å². The third-order valence-electron chi connectivity index (χ3n) is 4.62. The van der Waals surface area contributed by atoms with Crippen molar-refractivity contribution in [2.24, 2.45) is 0 Å². The van der Waals surface area contributed by atoms with Gasteiger partial charge in [-0.1, -0.05) is 11.6 Å². The molecule has 31 heavy (non-hydrogen) atoms. The molecule has 0 radical (unpaired) electrons. The highest BCUT2D eigenvalue weighted by Gasteiger charge is 2.58. The highest BCUT2D eigenvalue weighted by molar-refractivity contribution is 7.19. The van der Waals surface area contributed by atoms with Crippen molar-refractivity contribution in [1.29, 1.82) is 0 Å². The average Bonchev–Trinajstić information content (AvgIpc) is 3.39. The minimum atomic E-state index is -4.11. The summed E-state index contributed by atoms with van der Waals surface area (Å²) in [5.74, 6) is -6.44. The van der Waals surface area contributed by atoms with Crippen LogP contribution in [0.3, 0.4) is 0 Å². The Labute approximate surface area is 181 Å². The van der Waals surface area contributed by atoms with Crippen molar-refractivity contribution in [2.75, 3.05) is 0 Å². The summed E-state index contributed by atoms with van der Waals surface area (Å²) < 4.78 is 60.4. The predicted octanol–water partition coefficient (Wildman–Crippen LogP) is 4.41. The van der Waals surface area contributed by atoms with Crippen LogP contribution in [0.1, 0.15) is 11.3 Å². The van der Waals surface area contributed by atoms with Crippen molar-refractivity contribution >= 4 is 22.9 Å². The number of aliphatic hydroxyl groups is 1.